The third-order valence-corrected chi connectivity index (χ3v) is 1.66. The number of benzene rings is 2. The number of hydrogen-bond acceptors (Lipinski definition) is 0. The highest BCUT2D eigenvalue weighted by atomic mass is 13.9. The first-order valence-corrected chi connectivity index (χ1v) is 6.40. The Morgan fingerprint density at radius 1 is 0.471 bits per heavy atom. The van der Waals surface area contributed by atoms with Crippen LogP contribution in [0.25, 0.3) is 10.8 Å². The van der Waals surface area contributed by atoms with E-state index >= 15 is 0 Å². The molecule has 0 amide bonds. The minimum absolute atomic E-state index is 0. The van der Waals surface area contributed by atoms with Gasteiger partial charge in [0.2, 0.25) is 0 Å². The third-order valence-electron chi connectivity index (χ3n) is 1.66. The summed E-state index contributed by atoms with van der Waals surface area (Å²) in [5.41, 5.74) is 0. The molecule has 0 atom stereocenters. The molecule has 17 heavy (non-hydrogen) atoms. The van der Waals surface area contributed by atoms with Gasteiger partial charge in [-0.05, 0) is 10.8 Å². The first-order valence-electron chi connectivity index (χ1n) is 6.40. The third kappa shape index (κ3) is 8.50. The van der Waals surface area contributed by atoms with Crippen molar-refractivity contribution in [2.24, 2.45) is 0 Å². The second-order valence-corrected chi connectivity index (χ2v) is 2.35. The van der Waals surface area contributed by atoms with Gasteiger partial charge in [-0.3, -0.25) is 0 Å². The fourth-order valence-corrected chi connectivity index (χ4v) is 1.13. The zero-order chi connectivity index (χ0) is 12.8. The van der Waals surface area contributed by atoms with Gasteiger partial charge in [0.1, 0.15) is 0 Å². The Kier molecular flexibility index (Phi) is 21.2. The van der Waals surface area contributed by atoms with E-state index in [-0.39, 0.29) is 7.43 Å². The van der Waals surface area contributed by atoms with Gasteiger partial charge in [0, 0.05) is 0 Å². The summed E-state index contributed by atoms with van der Waals surface area (Å²) in [6.07, 6.45) is 0. The van der Waals surface area contributed by atoms with Crippen LogP contribution in [0.1, 0.15) is 49.0 Å². The van der Waals surface area contributed by atoms with Gasteiger partial charge >= 0.3 is 0 Å². The van der Waals surface area contributed by atoms with Gasteiger partial charge in [-0.2, -0.15) is 0 Å². The molecular formula is C17H30. The van der Waals surface area contributed by atoms with Crippen molar-refractivity contribution in [3.8, 4) is 0 Å². The highest BCUT2D eigenvalue weighted by Gasteiger charge is 1.85. The molecule has 2 aromatic rings. The highest BCUT2D eigenvalue weighted by Crippen LogP contribution is 2.11. The molecule has 98 valence electrons. The zero-order valence-electron chi connectivity index (χ0n) is 11.6. The predicted octanol–water partition coefficient (Wildman–Crippen LogP) is 6.55. The standard InChI is InChI=1S/C10H8.3C2H6.CH4/c1-2-6-10-8-4-3-7-9(10)5-1;3*1-2;/h1-8H;3*1-2H3;1H4. The number of hydrogen-bond donors (Lipinski definition) is 0. The van der Waals surface area contributed by atoms with Crippen LogP contribution in [0.15, 0.2) is 48.5 Å². The topological polar surface area (TPSA) is 0 Å². The molecule has 0 heteroatoms. The van der Waals surface area contributed by atoms with Crippen LogP contribution in [0.4, 0.5) is 0 Å². The molecule has 0 saturated carbocycles. The van der Waals surface area contributed by atoms with Crippen molar-refractivity contribution in [1.29, 1.82) is 0 Å². The Morgan fingerprint density at radius 3 is 0.824 bits per heavy atom. The van der Waals surface area contributed by atoms with Crippen LogP contribution in [-0.2, 0) is 0 Å². The summed E-state index contributed by atoms with van der Waals surface area (Å²) in [4.78, 5) is 0. The molecule has 0 saturated heterocycles. The largest absolute Gasteiger partial charge is 0.0776 e. The molecule has 0 aromatic heterocycles. The van der Waals surface area contributed by atoms with Gasteiger partial charge in [0.25, 0.3) is 0 Å². The second-order valence-electron chi connectivity index (χ2n) is 2.35. The number of fused-ring (bicyclic) bond motifs is 1. The summed E-state index contributed by atoms with van der Waals surface area (Å²) in [5.74, 6) is 0. The monoisotopic (exact) mass is 234 g/mol. The first-order chi connectivity index (χ1) is 7.97. The van der Waals surface area contributed by atoms with Crippen molar-refractivity contribution < 1.29 is 0 Å². The van der Waals surface area contributed by atoms with E-state index in [0.29, 0.717) is 0 Å². The minimum Gasteiger partial charge on any atom is -0.0776 e. The van der Waals surface area contributed by atoms with Gasteiger partial charge in [0.15, 0.2) is 0 Å². The summed E-state index contributed by atoms with van der Waals surface area (Å²) >= 11 is 0. The maximum atomic E-state index is 2.12. The summed E-state index contributed by atoms with van der Waals surface area (Å²) in [6, 6.07) is 16.7. The summed E-state index contributed by atoms with van der Waals surface area (Å²) in [6.45, 7) is 12.0. The minimum atomic E-state index is 0. The highest BCUT2D eigenvalue weighted by molar-refractivity contribution is 5.81. The smallest absolute Gasteiger partial charge is 0.0184 e. The lowest BCUT2D eigenvalue weighted by molar-refractivity contribution is 1.50. The first kappa shape index (κ1) is 21.0. The Hall–Kier alpha value is -1.30. The lowest BCUT2D eigenvalue weighted by Crippen LogP contribution is -1.67. The summed E-state index contributed by atoms with van der Waals surface area (Å²) in [5, 5.41) is 2.62. The fraction of sp³-hybridized carbons (Fsp3) is 0.412. The lowest BCUT2D eigenvalue weighted by atomic mass is 10.1. The van der Waals surface area contributed by atoms with Crippen molar-refractivity contribution in [2.45, 2.75) is 49.0 Å². The van der Waals surface area contributed by atoms with E-state index < -0.39 is 0 Å². The molecule has 0 nitrogen and oxygen atoms in total. The van der Waals surface area contributed by atoms with Crippen LogP contribution in [0.5, 0.6) is 0 Å². The van der Waals surface area contributed by atoms with E-state index in [1.807, 2.05) is 41.5 Å². The maximum Gasteiger partial charge on any atom is -0.0184 e. The van der Waals surface area contributed by atoms with E-state index in [4.69, 9.17) is 0 Å². The molecule has 0 aliphatic rings. The predicted molar refractivity (Wildman–Crippen MR) is 84.7 cm³/mol. The van der Waals surface area contributed by atoms with Gasteiger partial charge in [-0.15, -0.1) is 0 Å². The molecule has 0 spiro atoms. The van der Waals surface area contributed by atoms with Crippen LogP contribution in [0.2, 0.25) is 0 Å². The van der Waals surface area contributed by atoms with Crippen molar-refractivity contribution in [3.05, 3.63) is 48.5 Å². The molecule has 0 bridgehead atoms. The van der Waals surface area contributed by atoms with Crippen molar-refractivity contribution in [2.75, 3.05) is 0 Å². The SMILES string of the molecule is C.CC.CC.CC.c1ccc2ccccc2c1. The molecule has 0 aliphatic carbocycles. The molecule has 0 fully saturated rings. The van der Waals surface area contributed by atoms with E-state index in [2.05, 4.69) is 48.5 Å². The summed E-state index contributed by atoms with van der Waals surface area (Å²) in [7, 11) is 0. The average molecular weight is 234 g/mol. The average Bonchev–Trinajstić information content (AvgIpc) is 2.45. The lowest BCUT2D eigenvalue weighted by Gasteiger charge is -1.92. The molecule has 0 N–H and O–H groups in total. The van der Waals surface area contributed by atoms with Gasteiger partial charge in [-0.25, -0.2) is 0 Å². The molecule has 2 rings (SSSR count). The Labute approximate surface area is 109 Å². The van der Waals surface area contributed by atoms with Crippen LogP contribution in [0, 0.1) is 0 Å². The molecule has 0 aliphatic heterocycles. The Balaban J connectivity index is -0.000000248. The van der Waals surface area contributed by atoms with Gasteiger partial charge < -0.3 is 0 Å². The van der Waals surface area contributed by atoms with Crippen molar-refractivity contribution in [3.63, 3.8) is 0 Å². The number of rotatable bonds is 0. The van der Waals surface area contributed by atoms with Crippen LogP contribution < -0.4 is 0 Å². The molecule has 0 radical (unpaired) electrons. The van der Waals surface area contributed by atoms with E-state index in [0.717, 1.165) is 0 Å². The van der Waals surface area contributed by atoms with E-state index in [1.165, 1.54) is 10.8 Å². The molecule has 0 heterocycles. The van der Waals surface area contributed by atoms with Crippen molar-refractivity contribution >= 4 is 10.8 Å². The van der Waals surface area contributed by atoms with Gasteiger partial charge in [0.05, 0.1) is 0 Å². The van der Waals surface area contributed by atoms with E-state index in [1.54, 1.807) is 0 Å². The van der Waals surface area contributed by atoms with E-state index in [9.17, 15) is 0 Å². The molecule has 2 aromatic carbocycles. The quantitative estimate of drug-likeness (QED) is 0.484. The normalized spacial score (nSPS) is 6.94. The van der Waals surface area contributed by atoms with Gasteiger partial charge in [-0.1, -0.05) is 97.5 Å². The molecule has 0 unspecified atom stereocenters. The second kappa shape index (κ2) is 17.1. The summed E-state index contributed by atoms with van der Waals surface area (Å²) < 4.78 is 0. The zero-order valence-corrected chi connectivity index (χ0v) is 11.6. The van der Waals surface area contributed by atoms with Crippen LogP contribution in [0.3, 0.4) is 0 Å². The molecular weight excluding hydrogens is 204 g/mol. The Morgan fingerprint density at radius 2 is 0.647 bits per heavy atom. The maximum absolute atomic E-state index is 2.12. The Bertz CT molecular complexity index is 271. The van der Waals surface area contributed by atoms with Crippen molar-refractivity contribution in [1.82, 2.24) is 0 Å². The van der Waals surface area contributed by atoms with Crippen LogP contribution >= 0.6 is 0 Å². The fourth-order valence-electron chi connectivity index (χ4n) is 1.13. The van der Waals surface area contributed by atoms with Crippen LogP contribution in [-0.4, -0.2) is 0 Å².